The van der Waals surface area contributed by atoms with E-state index >= 15 is 0 Å². The largest absolute Gasteiger partial charge is 0.373 e. The van der Waals surface area contributed by atoms with Crippen molar-refractivity contribution in [2.75, 3.05) is 6.61 Å². The van der Waals surface area contributed by atoms with Gasteiger partial charge in [-0.2, -0.15) is 8.42 Å². The third-order valence-corrected chi connectivity index (χ3v) is 4.03. The zero-order valence-electron chi connectivity index (χ0n) is 9.92. The van der Waals surface area contributed by atoms with E-state index in [2.05, 4.69) is 0 Å². The molecule has 0 radical (unpaired) electrons. The smallest absolute Gasteiger partial charge is 0.297 e. The molecule has 0 N–H and O–H groups in total. The van der Waals surface area contributed by atoms with Crippen molar-refractivity contribution in [3.63, 3.8) is 0 Å². The highest BCUT2D eigenvalue weighted by molar-refractivity contribution is 7.86. The Morgan fingerprint density at radius 2 is 2.00 bits per heavy atom. The van der Waals surface area contributed by atoms with Gasteiger partial charge in [0.2, 0.25) is 0 Å². The number of ether oxygens (including phenoxy) is 1. The van der Waals surface area contributed by atoms with E-state index in [4.69, 9.17) is 8.92 Å². The predicted octanol–water partition coefficient (Wildman–Crippen LogP) is 1.88. The van der Waals surface area contributed by atoms with Crippen LogP contribution in [0.4, 0.5) is 0 Å². The van der Waals surface area contributed by atoms with Gasteiger partial charge in [0.15, 0.2) is 0 Å². The summed E-state index contributed by atoms with van der Waals surface area (Å²) < 4.78 is 33.9. The van der Waals surface area contributed by atoms with E-state index in [1.54, 1.807) is 31.2 Å². The maximum Gasteiger partial charge on any atom is 0.297 e. The lowest BCUT2D eigenvalue weighted by Crippen LogP contribution is -2.17. The van der Waals surface area contributed by atoms with Crippen LogP contribution in [0.5, 0.6) is 0 Å². The van der Waals surface area contributed by atoms with Crippen LogP contribution in [0.2, 0.25) is 0 Å². The van der Waals surface area contributed by atoms with Crippen LogP contribution in [-0.2, 0) is 19.0 Å². The molecule has 1 aromatic carbocycles. The number of rotatable bonds is 5. The Hall–Kier alpha value is -0.910. The van der Waals surface area contributed by atoms with Crippen molar-refractivity contribution < 1.29 is 17.3 Å². The summed E-state index contributed by atoms with van der Waals surface area (Å²) in [5, 5.41) is 0. The topological polar surface area (TPSA) is 55.9 Å². The molecule has 1 aliphatic rings. The summed E-state index contributed by atoms with van der Waals surface area (Å²) in [6.07, 6.45) is 0.428. The number of hydrogen-bond donors (Lipinski definition) is 0. The Morgan fingerprint density at radius 1 is 1.41 bits per heavy atom. The first kappa shape index (κ1) is 12.5. The molecule has 2 rings (SSSR count). The van der Waals surface area contributed by atoms with Crippen LogP contribution in [-0.4, -0.2) is 27.2 Å². The SMILES string of the molecule is Cc1ccc(S(=O)(=O)OC(C)CC2CO2)cc1. The standard InChI is InChI=1S/C12H16O4S/c1-9-3-5-12(6-4-9)17(13,14)16-10(2)7-11-8-15-11/h3-6,10-11H,7-8H2,1-2H3. The lowest BCUT2D eigenvalue weighted by atomic mass is 10.2. The molecule has 1 heterocycles. The first-order valence-corrected chi connectivity index (χ1v) is 7.00. The van der Waals surface area contributed by atoms with Crippen LogP contribution in [0.1, 0.15) is 18.9 Å². The fourth-order valence-electron chi connectivity index (χ4n) is 1.59. The fraction of sp³-hybridized carbons (Fsp3) is 0.500. The molecule has 4 nitrogen and oxygen atoms in total. The molecule has 0 bridgehead atoms. The van der Waals surface area contributed by atoms with Crippen LogP contribution in [0.25, 0.3) is 0 Å². The van der Waals surface area contributed by atoms with E-state index < -0.39 is 10.1 Å². The number of hydrogen-bond acceptors (Lipinski definition) is 4. The third kappa shape index (κ3) is 3.52. The van der Waals surface area contributed by atoms with E-state index in [0.717, 1.165) is 5.56 Å². The summed E-state index contributed by atoms with van der Waals surface area (Å²) in [7, 11) is -3.65. The van der Waals surface area contributed by atoms with Gasteiger partial charge in [-0.3, -0.25) is 4.18 Å². The van der Waals surface area contributed by atoms with Gasteiger partial charge in [-0.05, 0) is 26.0 Å². The van der Waals surface area contributed by atoms with Crippen molar-refractivity contribution in [2.45, 2.75) is 37.4 Å². The van der Waals surface area contributed by atoms with Crippen molar-refractivity contribution in [3.05, 3.63) is 29.8 Å². The van der Waals surface area contributed by atoms with Gasteiger partial charge >= 0.3 is 0 Å². The molecule has 1 aliphatic heterocycles. The second kappa shape index (κ2) is 4.76. The van der Waals surface area contributed by atoms with E-state index in [1.165, 1.54) is 0 Å². The molecule has 0 saturated carbocycles. The predicted molar refractivity (Wildman–Crippen MR) is 63.3 cm³/mol. The summed E-state index contributed by atoms with van der Waals surface area (Å²) in [5.74, 6) is 0. The van der Waals surface area contributed by atoms with Gasteiger partial charge in [0, 0.05) is 6.42 Å². The van der Waals surface area contributed by atoms with Gasteiger partial charge in [-0.15, -0.1) is 0 Å². The number of benzene rings is 1. The van der Waals surface area contributed by atoms with Crippen LogP contribution >= 0.6 is 0 Å². The van der Waals surface area contributed by atoms with E-state index in [9.17, 15) is 8.42 Å². The first-order chi connectivity index (χ1) is 7.97. The fourth-order valence-corrected chi connectivity index (χ4v) is 2.68. The van der Waals surface area contributed by atoms with Crippen molar-refractivity contribution >= 4 is 10.1 Å². The molecule has 94 valence electrons. The summed E-state index contributed by atoms with van der Waals surface area (Å²) in [4.78, 5) is 0.201. The highest BCUT2D eigenvalue weighted by Crippen LogP contribution is 2.21. The van der Waals surface area contributed by atoms with Gasteiger partial charge in [-0.25, -0.2) is 0 Å². The molecule has 1 fully saturated rings. The Balaban J connectivity index is 2.04. The van der Waals surface area contributed by atoms with Crippen molar-refractivity contribution in [1.82, 2.24) is 0 Å². The molecule has 1 aromatic rings. The Labute approximate surface area is 102 Å². The van der Waals surface area contributed by atoms with Gasteiger partial charge in [0.05, 0.1) is 23.7 Å². The maximum absolute atomic E-state index is 11.9. The minimum atomic E-state index is -3.65. The number of epoxide rings is 1. The van der Waals surface area contributed by atoms with Crippen LogP contribution in [0, 0.1) is 6.92 Å². The zero-order valence-corrected chi connectivity index (χ0v) is 10.7. The Bertz CT molecular complexity index is 474. The van der Waals surface area contributed by atoms with E-state index in [1.807, 2.05) is 6.92 Å². The Morgan fingerprint density at radius 3 is 2.53 bits per heavy atom. The molecule has 5 heteroatoms. The molecular weight excluding hydrogens is 240 g/mol. The normalized spacial score (nSPS) is 21.2. The lowest BCUT2D eigenvalue weighted by molar-refractivity contribution is 0.202. The average molecular weight is 256 g/mol. The second-order valence-electron chi connectivity index (χ2n) is 4.37. The van der Waals surface area contributed by atoms with Crippen molar-refractivity contribution in [3.8, 4) is 0 Å². The molecule has 0 spiro atoms. The monoisotopic (exact) mass is 256 g/mol. The highest BCUT2D eigenvalue weighted by Gasteiger charge is 2.28. The Kier molecular flexibility index (Phi) is 3.51. The van der Waals surface area contributed by atoms with Crippen LogP contribution < -0.4 is 0 Å². The van der Waals surface area contributed by atoms with Gasteiger partial charge < -0.3 is 4.74 Å². The maximum atomic E-state index is 11.9. The average Bonchev–Trinajstić information content (AvgIpc) is 3.01. The summed E-state index contributed by atoms with van der Waals surface area (Å²) in [6.45, 7) is 4.36. The molecule has 17 heavy (non-hydrogen) atoms. The first-order valence-electron chi connectivity index (χ1n) is 5.59. The molecular formula is C12H16O4S. The quantitative estimate of drug-likeness (QED) is 0.596. The molecule has 2 atom stereocenters. The molecule has 1 saturated heterocycles. The van der Waals surface area contributed by atoms with Crippen LogP contribution in [0.3, 0.4) is 0 Å². The third-order valence-electron chi connectivity index (χ3n) is 2.60. The lowest BCUT2D eigenvalue weighted by Gasteiger charge is -2.11. The highest BCUT2D eigenvalue weighted by atomic mass is 32.2. The van der Waals surface area contributed by atoms with Crippen molar-refractivity contribution in [2.24, 2.45) is 0 Å². The molecule has 2 unspecified atom stereocenters. The van der Waals surface area contributed by atoms with E-state index in [0.29, 0.717) is 13.0 Å². The number of aryl methyl sites for hydroxylation is 1. The minimum absolute atomic E-state index is 0.165. The van der Waals surface area contributed by atoms with Crippen molar-refractivity contribution in [1.29, 1.82) is 0 Å². The molecule has 0 aliphatic carbocycles. The summed E-state index contributed by atoms with van der Waals surface area (Å²) >= 11 is 0. The van der Waals surface area contributed by atoms with Gasteiger partial charge in [-0.1, -0.05) is 17.7 Å². The molecule has 0 amide bonds. The minimum Gasteiger partial charge on any atom is -0.373 e. The summed E-state index contributed by atoms with van der Waals surface area (Å²) in [5.41, 5.74) is 1.02. The van der Waals surface area contributed by atoms with Gasteiger partial charge in [0.25, 0.3) is 10.1 Å². The second-order valence-corrected chi connectivity index (χ2v) is 5.94. The zero-order chi connectivity index (χ0) is 12.5. The molecule has 0 aromatic heterocycles. The van der Waals surface area contributed by atoms with Gasteiger partial charge in [0.1, 0.15) is 0 Å². The van der Waals surface area contributed by atoms with E-state index in [-0.39, 0.29) is 17.1 Å². The summed E-state index contributed by atoms with van der Waals surface area (Å²) in [6, 6.07) is 6.63. The van der Waals surface area contributed by atoms with Crippen LogP contribution in [0.15, 0.2) is 29.2 Å².